The number of nitrogens with one attached hydrogen (secondary N) is 1. The van der Waals surface area contributed by atoms with E-state index in [4.69, 9.17) is 4.74 Å². The van der Waals surface area contributed by atoms with Crippen LogP contribution >= 0.6 is 0 Å². The number of carbonyl (C=O) groups excluding carboxylic acids is 3. The van der Waals surface area contributed by atoms with Crippen LogP contribution in [0, 0.1) is 17.5 Å². The van der Waals surface area contributed by atoms with Crippen molar-refractivity contribution in [3.63, 3.8) is 0 Å². The molecule has 2 amide bonds. The Balaban J connectivity index is 1.49. The van der Waals surface area contributed by atoms with Crippen molar-refractivity contribution in [3.05, 3.63) is 110 Å². The summed E-state index contributed by atoms with van der Waals surface area (Å²) in [6, 6.07) is 9.42. The quantitative estimate of drug-likeness (QED) is 0.496. The summed E-state index contributed by atoms with van der Waals surface area (Å²) in [4.78, 5) is 56.3. The smallest absolute Gasteiger partial charge is 0.275 e. The summed E-state index contributed by atoms with van der Waals surface area (Å²) >= 11 is 0. The fourth-order valence-corrected chi connectivity index (χ4v) is 5.90. The van der Waals surface area contributed by atoms with E-state index in [2.05, 4.69) is 5.32 Å². The van der Waals surface area contributed by atoms with Gasteiger partial charge in [-0.1, -0.05) is 36.4 Å². The molecule has 3 aliphatic heterocycles. The highest BCUT2D eigenvalue weighted by atomic mass is 19.1. The average Bonchev–Trinajstić information content (AvgIpc) is 3.27. The molecular formula is C30H24F3N3O5. The number of ketones is 1. The fourth-order valence-electron chi connectivity index (χ4n) is 5.90. The Hall–Kier alpha value is -4.67. The monoisotopic (exact) mass is 563 g/mol. The molecule has 2 atom stereocenters. The lowest BCUT2D eigenvalue weighted by molar-refractivity contribution is -0.123. The van der Waals surface area contributed by atoms with Crippen LogP contribution in [-0.2, 0) is 29.9 Å². The number of allylic oxidation sites excluding steroid dienone is 1. The maximum atomic E-state index is 14.2. The lowest BCUT2D eigenvalue weighted by Gasteiger charge is -2.42. The van der Waals surface area contributed by atoms with Crippen molar-refractivity contribution in [3.8, 4) is 5.75 Å². The zero-order valence-corrected chi connectivity index (χ0v) is 21.9. The van der Waals surface area contributed by atoms with Gasteiger partial charge in [-0.15, -0.1) is 0 Å². The number of pyridine rings is 1. The number of aromatic nitrogens is 1. The second kappa shape index (κ2) is 9.76. The highest BCUT2D eigenvalue weighted by molar-refractivity contribution is 6.06. The molecule has 0 radical (unpaired) electrons. The number of halogens is 3. The first kappa shape index (κ1) is 26.5. The first-order valence-corrected chi connectivity index (χ1v) is 13.1. The maximum Gasteiger partial charge on any atom is 0.275 e. The van der Waals surface area contributed by atoms with Gasteiger partial charge in [-0.25, -0.2) is 13.2 Å². The van der Waals surface area contributed by atoms with Crippen LogP contribution in [-0.4, -0.2) is 39.7 Å². The van der Waals surface area contributed by atoms with Crippen LogP contribution in [0.25, 0.3) is 0 Å². The Morgan fingerprint density at radius 3 is 2.51 bits per heavy atom. The van der Waals surface area contributed by atoms with E-state index in [1.165, 1.54) is 15.5 Å². The summed E-state index contributed by atoms with van der Waals surface area (Å²) in [7, 11) is 0. The summed E-state index contributed by atoms with van der Waals surface area (Å²) in [5.74, 6) is -5.66. The molecular weight excluding hydrogens is 539 g/mol. The summed E-state index contributed by atoms with van der Waals surface area (Å²) < 4.78 is 49.2. The van der Waals surface area contributed by atoms with E-state index < -0.39 is 58.4 Å². The topological polar surface area (TPSA) is 97.7 Å². The van der Waals surface area contributed by atoms with Gasteiger partial charge in [0, 0.05) is 36.0 Å². The van der Waals surface area contributed by atoms with E-state index in [1.807, 2.05) is 0 Å². The largest absolute Gasteiger partial charge is 0.483 e. The van der Waals surface area contributed by atoms with Gasteiger partial charge in [0.15, 0.2) is 17.2 Å². The van der Waals surface area contributed by atoms with Crippen LogP contribution in [0.15, 0.2) is 59.4 Å². The van der Waals surface area contributed by atoms with E-state index in [1.54, 1.807) is 43.3 Å². The third kappa shape index (κ3) is 4.14. The number of hydrogen-bond acceptors (Lipinski definition) is 5. The highest BCUT2D eigenvalue weighted by Gasteiger charge is 2.55. The number of fused-ring (bicyclic) bond motifs is 1. The minimum atomic E-state index is -1.25. The molecule has 0 unspecified atom stereocenters. The van der Waals surface area contributed by atoms with Gasteiger partial charge >= 0.3 is 0 Å². The standard InChI is InChI=1S/C30H24F3N3O5/c1-16-7-8-23(37)30-10-9-22-24(28(39)34-13-19-20(32)11-18(31)12-21(19)33)26(38)27(41-14-17-5-3-2-4-6-17)25(36(22)30)29(40)35(16)15-30/h2-8,11-12,16H,9-10,13-15H2,1H3,(H,34,39)/t16-,30+/m0/s1. The van der Waals surface area contributed by atoms with Crippen molar-refractivity contribution in [2.24, 2.45) is 0 Å². The molecule has 4 heterocycles. The molecule has 6 rings (SSSR count). The second-order valence-electron chi connectivity index (χ2n) is 10.4. The first-order valence-electron chi connectivity index (χ1n) is 13.1. The van der Waals surface area contributed by atoms with Crippen LogP contribution in [0.1, 0.15) is 51.0 Å². The highest BCUT2D eigenvalue weighted by Crippen LogP contribution is 2.44. The molecule has 1 spiro atoms. The van der Waals surface area contributed by atoms with Crippen molar-refractivity contribution < 1.29 is 32.3 Å². The van der Waals surface area contributed by atoms with Gasteiger partial charge in [0.25, 0.3) is 11.8 Å². The summed E-state index contributed by atoms with van der Waals surface area (Å²) in [5, 5.41) is 2.35. The molecule has 3 aromatic rings. The van der Waals surface area contributed by atoms with E-state index in [0.717, 1.165) is 0 Å². The first-order chi connectivity index (χ1) is 19.6. The predicted octanol–water partition coefficient (Wildman–Crippen LogP) is 3.40. The van der Waals surface area contributed by atoms with Gasteiger partial charge in [-0.05, 0) is 31.4 Å². The number of carbonyl (C=O) groups is 3. The number of nitrogens with zero attached hydrogens (tertiary/aromatic N) is 2. The van der Waals surface area contributed by atoms with Crippen molar-refractivity contribution >= 4 is 17.6 Å². The van der Waals surface area contributed by atoms with Crippen LogP contribution in [0.3, 0.4) is 0 Å². The third-order valence-electron chi connectivity index (χ3n) is 7.99. The van der Waals surface area contributed by atoms with Gasteiger partial charge in [0.1, 0.15) is 35.2 Å². The van der Waals surface area contributed by atoms with E-state index in [9.17, 15) is 32.3 Å². The summed E-state index contributed by atoms with van der Waals surface area (Å²) in [6.07, 6.45) is 3.40. The van der Waals surface area contributed by atoms with Gasteiger partial charge in [0.2, 0.25) is 5.43 Å². The Labute approximate surface area is 232 Å². The molecule has 0 aliphatic carbocycles. The molecule has 1 aromatic heterocycles. The van der Waals surface area contributed by atoms with E-state index in [0.29, 0.717) is 17.7 Å². The molecule has 210 valence electrons. The Morgan fingerprint density at radius 1 is 1.10 bits per heavy atom. The van der Waals surface area contributed by atoms with Crippen molar-refractivity contribution in [2.75, 3.05) is 6.54 Å². The Morgan fingerprint density at radius 2 is 1.80 bits per heavy atom. The van der Waals surface area contributed by atoms with Gasteiger partial charge in [-0.2, -0.15) is 0 Å². The van der Waals surface area contributed by atoms with Crippen molar-refractivity contribution in [1.82, 2.24) is 14.8 Å². The summed E-state index contributed by atoms with van der Waals surface area (Å²) in [6.45, 7) is 1.05. The van der Waals surface area contributed by atoms with Gasteiger partial charge in [0.05, 0.1) is 6.54 Å². The molecule has 8 nitrogen and oxygen atoms in total. The average molecular weight is 564 g/mol. The molecule has 3 aliphatic rings. The zero-order chi connectivity index (χ0) is 29.1. The molecule has 41 heavy (non-hydrogen) atoms. The third-order valence-corrected chi connectivity index (χ3v) is 7.99. The molecule has 11 heteroatoms. The molecule has 0 saturated carbocycles. The number of hydrogen-bond donors (Lipinski definition) is 1. The molecule has 0 fully saturated rings. The number of amides is 2. The molecule has 0 saturated heterocycles. The van der Waals surface area contributed by atoms with E-state index in [-0.39, 0.29) is 54.5 Å². The fraction of sp³-hybridized carbons (Fsp3) is 0.267. The van der Waals surface area contributed by atoms with Crippen LogP contribution < -0.4 is 15.5 Å². The van der Waals surface area contributed by atoms with Gasteiger partial charge < -0.3 is 19.5 Å². The maximum absolute atomic E-state index is 14.2. The molecule has 1 N–H and O–H groups in total. The number of rotatable bonds is 6. The lowest BCUT2D eigenvalue weighted by atomic mass is 9.88. The molecule has 2 bridgehead atoms. The number of ether oxygens (including phenoxy) is 1. The lowest BCUT2D eigenvalue weighted by Crippen LogP contribution is -2.57. The number of benzene rings is 2. The Bertz CT molecular complexity index is 1700. The van der Waals surface area contributed by atoms with Gasteiger partial charge in [-0.3, -0.25) is 19.2 Å². The minimum Gasteiger partial charge on any atom is -0.483 e. The van der Waals surface area contributed by atoms with Crippen molar-refractivity contribution in [2.45, 2.75) is 44.5 Å². The Kier molecular flexibility index (Phi) is 6.32. The van der Waals surface area contributed by atoms with Crippen LogP contribution in [0.5, 0.6) is 5.75 Å². The van der Waals surface area contributed by atoms with E-state index >= 15 is 0 Å². The predicted molar refractivity (Wildman–Crippen MR) is 140 cm³/mol. The van der Waals surface area contributed by atoms with Crippen LogP contribution in [0.4, 0.5) is 13.2 Å². The zero-order valence-electron chi connectivity index (χ0n) is 21.9. The minimum absolute atomic E-state index is 0.0485. The van der Waals surface area contributed by atoms with Crippen LogP contribution in [0.2, 0.25) is 0 Å². The van der Waals surface area contributed by atoms with Crippen molar-refractivity contribution in [1.29, 1.82) is 0 Å². The SMILES string of the molecule is C[C@H]1C=CC(=O)[C@]23CCc4c(C(=O)NCc5c(F)cc(F)cc5F)c(=O)c(OCc5ccccc5)c(n42)C(=O)N1C3. The summed E-state index contributed by atoms with van der Waals surface area (Å²) in [5.41, 5.74) is -2.35. The second-order valence-corrected chi connectivity index (χ2v) is 10.4. The molecule has 2 aromatic carbocycles. The normalized spacial score (nSPS) is 20.6.